The molecule has 0 aliphatic carbocycles. The van der Waals surface area contributed by atoms with E-state index < -0.39 is 24.3 Å². The summed E-state index contributed by atoms with van der Waals surface area (Å²) < 4.78 is 13.3. The van der Waals surface area contributed by atoms with Gasteiger partial charge in [0.25, 0.3) is 5.56 Å². The zero-order chi connectivity index (χ0) is 26.3. The van der Waals surface area contributed by atoms with Crippen LogP contribution in [0.15, 0.2) is 96.1 Å². The van der Waals surface area contributed by atoms with Crippen LogP contribution in [0.2, 0.25) is 0 Å². The van der Waals surface area contributed by atoms with E-state index >= 15 is 0 Å². The summed E-state index contributed by atoms with van der Waals surface area (Å²) in [5.74, 6) is 0. The molecule has 38 heavy (non-hydrogen) atoms. The van der Waals surface area contributed by atoms with Crippen molar-refractivity contribution in [2.75, 3.05) is 6.54 Å². The van der Waals surface area contributed by atoms with Gasteiger partial charge in [-0.2, -0.15) is 0 Å². The number of hydrogen-bond donors (Lipinski definition) is 1. The van der Waals surface area contributed by atoms with E-state index in [1.54, 1.807) is 23.1 Å². The molecule has 5 rings (SSSR count). The number of fused-ring (bicyclic) bond motifs is 1. The van der Waals surface area contributed by atoms with Gasteiger partial charge in [-0.05, 0) is 36.1 Å². The van der Waals surface area contributed by atoms with Crippen molar-refractivity contribution in [1.82, 2.24) is 14.5 Å². The third-order valence-corrected chi connectivity index (χ3v) is 6.88. The van der Waals surface area contributed by atoms with Crippen LogP contribution in [0.25, 0.3) is 10.9 Å². The molecule has 1 N–H and O–H groups in total. The molecule has 1 fully saturated rings. The average Bonchev–Trinajstić information content (AvgIpc) is 2.97. The molecule has 0 bridgehead atoms. The van der Waals surface area contributed by atoms with E-state index in [1.807, 2.05) is 66.7 Å². The highest BCUT2D eigenvalue weighted by atomic mass is 16.6. The normalized spacial score (nSPS) is 18.3. The van der Waals surface area contributed by atoms with Gasteiger partial charge in [-0.25, -0.2) is 9.78 Å². The fourth-order valence-corrected chi connectivity index (χ4v) is 4.96. The summed E-state index contributed by atoms with van der Waals surface area (Å²) in [6, 6.07) is 25.6. The number of carbonyl (C=O) groups is 1. The lowest BCUT2D eigenvalue weighted by molar-refractivity contribution is -0.0905. The molecule has 2 heterocycles. The van der Waals surface area contributed by atoms with E-state index in [2.05, 4.69) is 4.98 Å². The molecule has 1 saturated heterocycles. The zero-order valence-electron chi connectivity index (χ0n) is 21.1. The van der Waals surface area contributed by atoms with E-state index in [0.717, 1.165) is 11.1 Å². The number of nitrogens with zero attached hydrogens (tertiary/aromatic N) is 3. The Morgan fingerprint density at radius 1 is 0.947 bits per heavy atom. The number of likely N-dealkylation sites (tertiary alicyclic amines) is 1. The van der Waals surface area contributed by atoms with Gasteiger partial charge >= 0.3 is 6.09 Å². The molecule has 8 heteroatoms. The minimum absolute atomic E-state index is 0.0327. The molecule has 4 aromatic rings. The van der Waals surface area contributed by atoms with E-state index in [4.69, 9.17) is 9.47 Å². The van der Waals surface area contributed by atoms with Gasteiger partial charge in [-0.1, -0.05) is 72.8 Å². The summed E-state index contributed by atoms with van der Waals surface area (Å²) in [7, 11) is 0. The smallest absolute Gasteiger partial charge is 0.410 e. The van der Waals surface area contributed by atoms with Gasteiger partial charge < -0.3 is 14.6 Å². The second-order valence-electron chi connectivity index (χ2n) is 9.49. The van der Waals surface area contributed by atoms with E-state index in [0.29, 0.717) is 36.9 Å². The zero-order valence-corrected chi connectivity index (χ0v) is 21.1. The summed E-state index contributed by atoms with van der Waals surface area (Å²) in [5.41, 5.74) is 2.22. The van der Waals surface area contributed by atoms with Crippen molar-refractivity contribution < 1.29 is 19.4 Å². The molecule has 1 aromatic heterocycles. The maximum absolute atomic E-state index is 13.3. The maximum Gasteiger partial charge on any atom is 0.410 e. The van der Waals surface area contributed by atoms with Crippen LogP contribution < -0.4 is 5.56 Å². The molecule has 3 atom stereocenters. The number of aliphatic hydroxyl groups excluding tert-OH is 1. The molecule has 3 aromatic carbocycles. The first-order valence-electron chi connectivity index (χ1n) is 12.9. The standard InChI is InChI=1S/C30H31N3O5/c34-26(18-32-21-31-25-15-8-7-14-24(25)29(32)35)28-27(37-19-22-10-3-1-4-11-22)16-9-17-33(28)30(36)38-20-23-12-5-2-6-13-23/h1-8,10-15,21,26-28,34H,9,16-20H2/t26?,27-,28+/m0/s1. The summed E-state index contributed by atoms with van der Waals surface area (Å²) in [6.07, 6.45) is 0.778. The molecular weight excluding hydrogens is 482 g/mol. The Morgan fingerprint density at radius 3 is 2.34 bits per heavy atom. The second kappa shape index (κ2) is 12.0. The fourth-order valence-electron chi connectivity index (χ4n) is 4.96. The van der Waals surface area contributed by atoms with Crippen LogP contribution in [0, 0.1) is 0 Å². The minimum Gasteiger partial charge on any atom is -0.445 e. The number of carbonyl (C=O) groups excluding carboxylic acids is 1. The Morgan fingerprint density at radius 2 is 1.61 bits per heavy atom. The van der Waals surface area contributed by atoms with Crippen molar-refractivity contribution in [2.45, 2.75) is 50.8 Å². The summed E-state index contributed by atoms with van der Waals surface area (Å²) in [5, 5.41) is 12.0. The maximum atomic E-state index is 13.3. The number of piperidine rings is 1. The Balaban J connectivity index is 1.37. The molecule has 196 valence electrons. The number of para-hydroxylation sites is 1. The number of aliphatic hydroxyl groups is 1. The van der Waals surface area contributed by atoms with Crippen LogP contribution >= 0.6 is 0 Å². The van der Waals surface area contributed by atoms with Gasteiger partial charge in [0.2, 0.25) is 0 Å². The molecule has 1 aliphatic heterocycles. The number of hydrogen-bond acceptors (Lipinski definition) is 6. The summed E-state index contributed by atoms with van der Waals surface area (Å²) in [6.45, 7) is 0.863. The fraction of sp³-hybridized carbons (Fsp3) is 0.300. The molecule has 0 saturated carbocycles. The molecule has 1 unspecified atom stereocenters. The Kier molecular flexibility index (Phi) is 8.11. The van der Waals surface area contributed by atoms with Crippen LogP contribution in [0.1, 0.15) is 24.0 Å². The monoisotopic (exact) mass is 513 g/mol. The lowest BCUT2D eigenvalue weighted by atomic mass is 9.94. The van der Waals surface area contributed by atoms with Crippen LogP contribution in [0.3, 0.4) is 0 Å². The SMILES string of the molecule is O=C(OCc1ccccc1)N1CCC[C@H](OCc2ccccc2)[C@H]1C(O)Cn1cnc2ccccc2c1=O. The first-order chi connectivity index (χ1) is 18.6. The third kappa shape index (κ3) is 5.93. The van der Waals surface area contributed by atoms with Crippen LogP contribution in [0.4, 0.5) is 4.79 Å². The summed E-state index contributed by atoms with van der Waals surface area (Å²) >= 11 is 0. The van der Waals surface area contributed by atoms with Gasteiger partial charge in [-0.15, -0.1) is 0 Å². The van der Waals surface area contributed by atoms with Gasteiger partial charge in [0.05, 0.1) is 48.6 Å². The molecule has 0 spiro atoms. The van der Waals surface area contributed by atoms with Crippen molar-refractivity contribution in [3.8, 4) is 0 Å². The van der Waals surface area contributed by atoms with E-state index in [9.17, 15) is 14.7 Å². The molecule has 1 aliphatic rings. The largest absolute Gasteiger partial charge is 0.445 e. The molecule has 1 amide bonds. The van der Waals surface area contributed by atoms with Gasteiger partial charge in [-0.3, -0.25) is 14.3 Å². The van der Waals surface area contributed by atoms with Crippen LogP contribution in [0.5, 0.6) is 0 Å². The Bertz CT molecular complexity index is 1410. The lowest BCUT2D eigenvalue weighted by Crippen LogP contribution is -2.58. The highest BCUT2D eigenvalue weighted by Crippen LogP contribution is 2.26. The minimum atomic E-state index is -1.08. The van der Waals surface area contributed by atoms with E-state index in [1.165, 1.54) is 10.9 Å². The van der Waals surface area contributed by atoms with Crippen molar-refractivity contribution in [3.63, 3.8) is 0 Å². The first kappa shape index (κ1) is 25.6. The van der Waals surface area contributed by atoms with Crippen molar-refractivity contribution in [2.24, 2.45) is 0 Å². The molecule has 0 radical (unpaired) electrons. The topological polar surface area (TPSA) is 93.9 Å². The third-order valence-electron chi connectivity index (χ3n) is 6.88. The predicted molar refractivity (Wildman–Crippen MR) is 143 cm³/mol. The molecular formula is C30H31N3O5. The lowest BCUT2D eigenvalue weighted by Gasteiger charge is -2.42. The van der Waals surface area contributed by atoms with Crippen molar-refractivity contribution >= 4 is 17.0 Å². The number of rotatable bonds is 8. The van der Waals surface area contributed by atoms with Crippen LogP contribution in [-0.2, 0) is 29.2 Å². The van der Waals surface area contributed by atoms with Gasteiger partial charge in [0.1, 0.15) is 6.61 Å². The van der Waals surface area contributed by atoms with Crippen molar-refractivity contribution in [3.05, 3.63) is 113 Å². The molecule has 8 nitrogen and oxygen atoms in total. The number of benzene rings is 3. The Labute approximate surface area is 221 Å². The summed E-state index contributed by atoms with van der Waals surface area (Å²) in [4.78, 5) is 32.3. The van der Waals surface area contributed by atoms with E-state index in [-0.39, 0.29) is 18.7 Å². The Hall–Kier alpha value is -4.01. The van der Waals surface area contributed by atoms with Crippen LogP contribution in [-0.4, -0.2) is 50.4 Å². The highest BCUT2D eigenvalue weighted by molar-refractivity contribution is 5.76. The quantitative estimate of drug-likeness (QED) is 0.381. The van der Waals surface area contributed by atoms with Gasteiger partial charge in [0, 0.05) is 6.54 Å². The predicted octanol–water partition coefficient (Wildman–Crippen LogP) is 4.14. The highest BCUT2D eigenvalue weighted by Gasteiger charge is 2.41. The number of amides is 1. The second-order valence-corrected chi connectivity index (χ2v) is 9.49. The number of ether oxygens (including phenoxy) is 2. The van der Waals surface area contributed by atoms with Crippen molar-refractivity contribution in [1.29, 1.82) is 0 Å². The average molecular weight is 514 g/mol. The van der Waals surface area contributed by atoms with Gasteiger partial charge in [0.15, 0.2) is 0 Å². The first-order valence-corrected chi connectivity index (χ1v) is 12.9. The number of aromatic nitrogens is 2.